The van der Waals surface area contributed by atoms with E-state index < -0.39 is 0 Å². The lowest BCUT2D eigenvalue weighted by molar-refractivity contribution is -0.115. The molecule has 1 aromatic heterocycles. The maximum Gasteiger partial charge on any atom is 0.253 e. The van der Waals surface area contributed by atoms with Gasteiger partial charge < -0.3 is 10.2 Å². The summed E-state index contributed by atoms with van der Waals surface area (Å²) in [5, 5.41) is 7.57. The molecular formula is C23H24N4O2S. The number of fused-ring (bicyclic) bond motifs is 1. The number of carbonyl (C=O) groups excluding carboxylic acids is 2. The van der Waals surface area contributed by atoms with Crippen molar-refractivity contribution >= 4 is 29.3 Å². The van der Waals surface area contributed by atoms with Crippen LogP contribution in [0.3, 0.4) is 0 Å². The van der Waals surface area contributed by atoms with Crippen LogP contribution < -0.4 is 5.32 Å². The fraction of sp³-hybridized carbons (Fsp3) is 0.261. The predicted octanol–water partition coefficient (Wildman–Crippen LogP) is 4.20. The van der Waals surface area contributed by atoms with Crippen molar-refractivity contribution in [2.75, 3.05) is 18.1 Å². The summed E-state index contributed by atoms with van der Waals surface area (Å²) in [6.45, 7) is 4.45. The largest absolute Gasteiger partial charge is 0.337 e. The van der Waals surface area contributed by atoms with Gasteiger partial charge in [0.2, 0.25) is 5.91 Å². The molecule has 0 saturated carbocycles. The van der Waals surface area contributed by atoms with E-state index in [1.807, 2.05) is 61.0 Å². The number of aromatic nitrogens is 2. The molecule has 0 radical (unpaired) electrons. The minimum absolute atomic E-state index is 0.0150. The minimum Gasteiger partial charge on any atom is -0.337 e. The van der Waals surface area contributed by atoms with E-state index in [1.54, 1.807) is 29.8 Å². The second kappa shape index (κ2) is 8.36. The number of nitrogens with zero attached hydrogens (tertiary/aromatic N) is 3. The third kappa shape index (κ3) is 3.98. The smallest absolute Gasteiger partial charge is 0.253 e. The number of para-hydroxylation sites is 1. The van der Waals surface area contributed by atoms with Crippen molar-refractivity contribution in [2.24, 2.45) is 0 Å². The van der Waals surface area contributed by atoms with E-state index in [2.05, 4.69) is 10.4 Å². The fourth-order valence-corrected chi connectivity index (χ4v) is 4.54. The van der Waals surface area contributed by atoms with Gasteiger partial charge in [0.05, 0.1) is 17.1 Å². The molecule has 0 bridgehead atoms. The first kappa shape index (κ1) is 20.2. The summed E-state index contributed by atoms with van der Waals surface area (Å²) in [5.41, 5.74) is 5.23. The first-order valence-corrected chi connectivity index (χ1v) is 10.9. The summed E-state index contributed by atoms with van der Waals surface area (Å²) < 4.78 is 1.91. The molecule has 1 N–H and O–H groups in total. The number of hydrogen-bond acceptors (Lipinski definition) is 4. The summed E-state index contributed by atoms with van der Waals surface area (Å²) in [6.07, 6.45) is 0.479. The number of hydrogen-bond donors (Lipinski definition) is 1. The standard InChI is InChI=1S/C23H24N4O2S/c1-15-19(16(2)27(25-15)18-7-5-4-6-8-18)14-26(3)23(29)17-9-10-21-20(13-17)24-22(28)11-12-30-21/h4-10,13H,11-12,14H2,1-3H3,(H,24,28). The maximum atomic E-state index is 13.1. The van der Waals surface area contributed by atoms with Crippen molar-refractivity contribution in [2.45, 2.75) is 31.7 Å². The van der Waals surface area contributed by atoms with Crippen LogP contribution in [0.1, 0.15) is 33.7 Å². The van der Waals surface area contributed by atoms with Crippen molar-refractivity contribution in [3.63, 3.8) is 0 Å². The van der Waals surface area contributed by atoms with Crippen molar-refractivity contribution in [3.8, 4) is 5.69 Å². The molecule has 0 saturated heterocycles. The molecule has 4 rings (SSSR count). The van der Waals surface area contributed by atoms with Crippen LogP contribution in [0.25, 0.3) is 5.69 Å². The van der Waals surface area contributed by atoms with E-state index in [0.717, 1.165) is 33.3 Å². The monoisotopic (exact) mass is 420 g/mol. The van der Waals surface area contributed by atoms with Crippen LogP contribution in [-0.2, 0) is 11.3 Å². The Kier molecular flexibility index (Phi) is 5.63. The van der Waals surface area contributed by atoms with Crippen LogP contribution in [0.4, 0.5) is 5.69 Å². The summed E-state index contributed by atoms with van der Waals surface area (Å²) in [5.74, 6) is 0.641. The lowest BCUT2D eigenvalue weighted by Crippen LogP contribution is -2.27. The second-order valence-electron chi connectivity index (χ2n) is 7.42. The van der Waals surface area contributed by atoms with Gasteiger partial charge in [0.25, 0.3) is 5.91 Å². The lowest BCUT2D eigenvalue weighted by Gasteiger charge is -2.19. The molecule has 0 atom stereocenters. The molecule has 2 amide bonds. The minimum atomic E-state index is -0.0902. The number of carbonyl (C=O) groups is 2. The highest BCUT2D eigenvalue weighted by atomic mass is 32.2. The topological polar surface area (TPSA) is 67.2 Å². The van der Waals surface area contributed by atoms with Crippen molar-refractivity contribution in [3.05, 3.63) is 71.0 Å². The van der Waals surface area contributed by atoms with Gasteiger partial charge in [0.1, 0.15) is 0 Å². The average Bonchev–Trinajstić information content (AvgIpc) is 2.90. The third-order valence-corrected chi connectivity index (χ3v) is 6.35. The van der Waals surface area contributed by atoms with Gasteiger partial charge in [-0.1, -0.05) is 18.2 Å². The van der Waals surface area contributed by atoms with E-state index in [0.29, 0.717) is 24.2 Å². The van der Waals surface area contributed by atoms with Gasteiger partial charge >= 0.3 is 0 Å². The molecule has 30 heavy (non-hydrogen) atoms. The van der Waals surface area contributed by atoms with E-state index >= 15 is 0 Å². The molecule has 7 heteroatoms. The Morgan fingerprint density at radius 2 is 1.97 bits per heavy atom. The molecule has 6 nitrogen and oxygen atoms in total. The Hall–Kier alpha value is -3.06. The van der Waals surface area contributed by atoms with Crippen LogP contribution in [-0.4, -0.2) is 39.3 Å². The van der Waals surface area contributed by atoms with Gasteiger partial charge in [-0.05, 0) is 44.2 Å². The Labute approximate surface area is 180 Å². The molecule has 2 aromatic carbocycles. The van der Waals surface area contributed by atoms with E-state index in [9.17, 15) is 9.59 Å². The molecular weight excluding hydrogens is 396 g/mol. The highest BCUT2D eigenvalue weighted by Gasteiger charge is 2.20. The van der Waals surface area contributed by atoms with Crippen molar-refractivity contribution in [1.29, 1.82) is 0 Å². The number of anilines is 1. The van der Waals surface area contributed by atoms with Gasteiger partial charge in [0, 0.05) is 47.5 Å². The van der Waals surface area contributed by atoms with E-state index in [4.69, 9.17) is 0 Å². The highest BCUT2D eigenvalue weighted by molar-refractivity contribution is 7.99. The van der Waals surface area contributed by atoms with Crippen LogP contribution in [0.2, 0.25) is 0 Å². The summed E-state index contributed by atoms with van der Waals surface area (Å²) in [7, 11) is 1.79. The molecule has 0 spiro atoms. The number of amides is 2. The molecule has 0 fully saturated rings. The summed E-state index contributed by atoms with van der Waals surface area (Å²) >= 11 is 1.63. The summed E-state index contributed by atoms with van der Waals surface area (Å²) in [6, 6.07) is 15.5. The van der Waals surface area contributed by atoms with Gasteiger partial charge in [-0.25, -0.2) is 4.68 Å². The van der Waals surface area contributed by atoms with Crippen LogP contribution >= 0.6 is 11.8 Å². The van der Waals surface area contributed by atoms with Crippen LogP contribution in [0, 0.1) is 13.8 Å². The Bertz CT molecular complexity index is 1110. The number of benzene rings is 2. The van der Waals surface area contributed by atoms with Gasteiger partial charge in [-0.2, -0.15) is 5.10 Å². The molecule has 2 heterocycles. The molecule has 1 aliphatic rings. The third-order valence-electron chi connectivity index (χ3n) is 5.27. The molecule has 1 aliphatic heterocycles. The van der Waals surface area contributed by atoms with E-state index in [-0.39, 0.29) is 11.8 Å². The van der Waals surface area contributed by atoms with Gasteiger partial charge in [0.15, 0.2) is 0 Å². The maximum absolute atomic E-state index is 13.1. The lowest BCUT2D eigenvalue weighted by atomic mass is 10.1. The number of aryl methyl sites for hydroxylation is 1. The second-order valence-corrected chi connectivity index (χ2v) is 8.55. The molecule has 3 aromatic rings. The van der Waals surface area contributed by atoms with Crippen molar-refractivity contribution in [1.82, 2.24) is 14.7 Å². The highest BCUT2D eigenvalue weighted by Crippen LogP contribution is 2.32. The van der Waals surface area contributed by atoms with E-state index in [1.165, 1.54) is 0 Å². The SMILES string of the molecule is Cc1nn(-c2ccccc2)c(C)c1CN(C)C(=O)c1ccc2c(c1)NC(=O)CCS2. The van der Waals surface area contributed by atoms with Crippen LogP contribution in [0.15, 0.2) is 53.4 Å². The molecule has 0 aliphatic carbocycles. The Balaban J connectivity index is 1.56. The Morgan fingerprint density at radius 1 is 1.20 bits per heavy atom. The zero-order valence-electron chi connectivity index (χ0n) is 17.3. The normalized spacial score (nSPS) is 13.4. The summed E-state index contributed by atoms with van der Waals surface area (Å²) in [4.78, 5) is 27.6. The molecule has 154 valence electrons. The number of nitrogens with one attached hydrogen (secondary N) is 1. The number of thioether (sulfide) groups is 1. The zero-order chi connectivity index (χ0) is 21.3. The first-order valence-electron chi connectivity index (χ1n) is 9.86. The zero-order valence-corrected chi connectivity index (χ0v) is 18.1. The van der Waals surface area contributed by atoms with Gasteiger partial charge in [-0.15, -0.1) is 11.8 Å². The first-order chi connectivity index (χ1) is 14.4. The molecule has 0 unspecified atom stereocenters. The Morgan fingerprint density at radius 3 is 2.73 bits per heavy atom. The fourth-order valence-electron chi connectivity index (χ4n) is 3.61. The van der Waals surface area contributed by atoms with Crippen LogP contribution in [0.5, 0.6) is 0 Å². The van der Waals surface area contributed by atoms with Gasteiger partial charge in [-0.3, -0.25) is 9.59 Å². The predicted molar refractivity (Wildman–Crippen MR) is 119 cm³/mol. The van der Waals surface area contributed by atoms with Crippen molar-refractivity contribution < 1.29 is 9.59 Å². The average molecular weight is 421 g/mol. The quantitative estimate of drug-likeness (QED) is 0.687. The number of rotatable bonds is 4.